The number of benzene rings is 4. The number of amides is 1. The normalized spacial score (nSPS) is 10.4. The molecule has 9 nitrogen and oxygen atoms in total. The molecule has 0 bridgehead atoms. The summed E-state index contributed by atoms with van der Waals surface area (Å²) in [4.78, 5) is 39.5. The minimum atomic E-state index is -0.532. The van der Waals surface area contributed by atoms with E-state index in [1.54, 1.807) is 43.3 Å². The van der Waals surface area contributed by atoms with Crippen molar-refractivity contribution in [1.82, 2.24) is 4.90 Å². The number of nitrogens with zero attached hydrogens (tertiary/aromatic N) is 1. The van der Waals surface area contributed by atoms with Gasteiger partial charge in [-0.15, -0.1) is 0 Å². The van der Waals surface area contributed by atoms with E-state index in [0.29, 0.717) is 22.6 Å². The van der Waals surface area contributed by atoms with Gasteiger partial charge in [-0.2, -0.15) is 0 Å². The van der Waals surface area contributed by atoms with E-state index in [1.165, 1.54) is 19.1 Å². The molecule has 0 fully saturated rings. The van der Waals surface area contributed by atoms with Gasteiger partial charge in [-0.1, -0.05) is 72.8 Å². The largest absolute Gasteiger partial charge is 0.488 e. The van der Waals surface area contributed by atoms with Crippen molar-refractivity contribution in [3.63, 3.8) is 0 Å². The third-order valence-corrected chi connectivity index (χ3v) is 6.65. The number of hydrogen-bond acceptors (Lipinski definition) is 8. The van der Waals surface area contributed by atoms with Gasteiger partial charge in [-0.3, -0.25) is 4.90 Å². The molecule has 0 aliphatic rings. The summed E-state index contributed by atoms with van der Waals surface area (Å²) in [6, 6.07) is 29.3. The van der Waals surface area contributed by atoms with Gasteiger partial charge in [0.1, 0.15) is 35.8 Å². The van der Waals surface area contributed by atoms with Crippen LogP contribution >= 0.6 is 0 Å². The molecule has 4 rings (SSSR count). The molecule has 0 atom stereocenters. The Morgan fingerprint density at radius 3 is 1.41 bits per heavy atom. The lowest BCUT2D eigenvalue weighted by atomic mass is 10.1. The molecule has 0 saturated heterocycles. The second kappa shape index (κ2) is 15.8. The number of esters is 2. The Morgan fingerprint density at radius 2 is 1.02 bits per heavy atom. The van der Waals surface area contributed by atoms with Crippen LogP contribution in [0.1, 0.15) is 49.9 Å². The Hall–Kier alpha value is -5.31. The summed E-state index contributed by atoms with van der Waals surface area (Å²) in [6.07, 6.45) is -0.528. The molecule has 0 aromatic heterocycles. The van der Waals surface area contributed by atoms with E-state index >= 15 is 0 Å². The quantitative estimate of drug-likeness (QED) is 0.126. The first-order valence-corrected chi connectivity index (χ1v) is 14.1. The summed E-state index contributed by atoms with van der Waals surface area (Å²) in [5.41, 5.74) is 3.83. The molecule has 0 saturated carbocycles. The Bertz CT molecular complexity index is 1450. The molecule has 0 unspecified atom stereocenters. The van der Waals surface area contributed by atoms with Gasteiger partial charge < -0.3 is 23.7 Å². The van der Waals surface area contributed by atoms with Crippen molar-refractivity contribution in [2.24, 2.45) is 0 Å². The van der Waals surface area contributed by atoms with Gasteiger partial charge >= 0.3 is 18.0 Å². The SMILES string of the molecule is CCOC(=O)N(Cc1ccc(C(=O)OC)c(OCc2ccccc2)c1)Cc1ccc(C(=O)OC)c(OCc2ccccc2)c1. The molecule has 0 heterocycles. The molecule has 0 spiro atoms. The Balaban J connectivity index is 1.59. The van der Waals surface area contributed by atoms with Crippen molar-refractivity contribution in [3.05, 3.63) is 130 Å². The zero-order valence-electron chi connectivity index (χ0n) is 25.0. The lowest BCUT2D eigenvalue weighted by Crippen LogP contribution is -2.31. The van der Waals surface area contributed by atoms with Crippen LogP contribution in [0.15, 0.2) is 97.1 Å². The van der Waals surface area contributed by atoms with Gasteiger partial charge in [0.2, 0.25) is 0 Å². The smallest absolute Gasteiger partial charge is 0.410 e. The second-order valence-electron chi connectivity index (χ2n) is 9.75. The van der Waals surface area contributed by atoms with E-state index in [-0.39, 0.29) is 44.0 Å². The van der Waals surface area contributed by atoms with Crippen molar-refractivity contribution in [2.45, 2.75) is 33.2 Å². The Labute approximate surface area is 256 Å². The fraction of sp³-hybridized carbons (Fsp3) is 0.229. The number of carbonyl (C=O) groups is 3. The van der Waals surface area contributed by atoms with Crippen LogP contribution in [0, 0.1) is 0 Å². The van der Waals surface area contributed by atoms with Crippen molar-refractivity contribution in [2.75, 3.05) is 20.8 Å². The van der Waals surface area contributed by atoms with Crippen LogP contribution in [0.25, 0.3) is 0 Å². The zero-order valence-corrected chi connectivity index (χ0v) is 25.0. The molecule has 4 aromatic carbocycles. The second-order valence-corrected chi connectivity index (χ2v) is 9.75. The maximum Gasteiger partial charge on any atom is 0.410 e. The summed E-state index contributed by atoms with van der Waals surface area (Å²) in [6.45, 7) is 2.72. The van der Waals surface area contributed by atoms with Crippen LogP contribution in [0.4, 0.5) is 4.79 Å². The Kier molecular flexibility index (Phi) is 11.3. The van der Waals surface area contributed by atoms with E-state index in [4.69, 9.17) is 23.7 Å². The van der Waals surface area contributed by atoms with Crippen molar-refractivity contribution >= 4 is 18.0 Å². The predicted octanol–water partition coefficient (Wildman–Crippen LogP) is 6.58. The number of methoxy groups -OCH3 is 2. The van der Waals surface area contributed by atoms with Crippen LogP contribution < -0.4 is 9.47 Å². The minimum absolute atomic E-state index is 0.154. The minimum Gasteiger partial charge on any atom is -0.488 e. The van der Waals surface area contributed by atoms with Crippen LogP contribution in [0.2, 0.25) is 0 Å². The molecular weight excluding hydrogens is 562 g/mol. The van der Waals surface area contributed by atoms with Gasteiger partial charge in [0.25, 0.3) is 0 Å². The molecule has 0 N–H and O–H groups in total. The number of hydrogen-bond donors (Lipinski definition) is 0. The third-order valence-electron chi connectivity index (χ3n) is 6.65. The van der Waals surface area contributed by atoms with Crippen LogP contribution in [0.5, 0.6) is 11.5 Å². The zero-order chi connectivity index (χ0) is 31.3. The summed E-state index contributed by atoms with van der Waals surface area (Å²) >= 11 is 0. The maximum absolute atomic E-state index is 13.1. The first-order chi connectivity index (χ1) is 21.4. The van der Waals surface area contributed by atoms with Crippen molar-refractivity contribution < 1.29 is 38.1 Å². The molecule has 44 heavy (non-hydrogen) atoms. The first kappa shape index (κ1) is 31.6. The van der Waals surface area contributed by atoms with Gasteiger partial charge in [0.15, 0.2) is 0 Å². The van der Waals surface area contributed by atoms with Crippen molar-refractivity contribution in [1.29, 1.82) is 0 Å². The van der Waals surface area contributed by atoms with E-state index in [9.17, 15) is 14.4 Å². The average Bonchev–Trinajstić information content (AvgIpc) is 3.06. The molecular formula is C35H35NO8. The number of rotatable bonds is 13. The van der Waals surface area contributed by atoms with E-state index in [2.05, 4.69) is 0 Å². The Morgan fingerprint density at radius 1 is 0.591 bits per heavy atom. The fourth-order valence-electron chi connectivity index (χ4n) is 4.44. The third kappa shape index (κ3) is 8.61. The lowest BCUT2D eigenvalue weighted by molar-refractivity contribution is 0.0586. The van der Waals surface area contributed by atoms with Crippen LogP contribution in [0.3, 0.4) is 0 Å². The maximum atomic E-state index is 13.1. The highest BCUT2D eigenvalue weighted by molar-refractivity contribution is 5.93. The predicted molar refractivity (Wildman–Crippen MR) is 163 cm³/mol. The fourth-order valence-corrected chi connectivity index (χ4v) is 4.44. The summed E-state index contributed by atoms with van der Waals surface area (Å²) in [5, 5.41) is 0. The first-order valence-electron chi connectivity index (χ1n) is 14.1. The summed E-state index contributed by atoms with van der Waals surface area (Å²) < 4.78 is 27.3. The molecule has 0 aliphatic carbocycles. The topological polar surface area (TPSA) is 101 Å². The number of ether oxygens (including phenoxy) is 5. The molecule has 228 valence electrons. The van der Waals surface area contributed by atoms with Crippen LogP contribution in [-0.2, 0) is 40.5 Å². The lowest BCUT2D eigenvalue weighted by Gasteiger charge is -2.23. The van der Waals surface area contributed by atoms with E-state index in [0.717, 1.165) is 11.1 Å². The highest BCUT2D eigenvalue weighted by atomic mass is 16.6. The van der Waals surface area contributed by atoms with Gasteiger partial charge in [0, 0.05) is 13.1 Å². The van der Waals surface area contributed by atoms with Gasteiger partial charge in [0.05, 0.1) is 20.8 Å². The molecule has 0 aliphatic heterocycles. The molecule has 9 heteroatoms. The van der Waals surface area contributed by atoms with Gasteiger partial charge in [-0.25, -0.2) is 14.4 Å². The van der Waals surface area contributed by atoms with E-state index < -0.39 is 18.0 Å². The molecule has 1 amide bonds. The van der Waals surface area contributed by atoms with E-state index in [1.807, 2.05) is 60.7 Å². The molecule has 0 radical (unpaired) electrons. The highest BCUT2D eigenvalue weighted by Gasteiger charge is 2.21. The molecule has 4 aromatic rings. The monoisotopic (exact) mass is 597 g/mol. The highest BCUT2D eigenvalue weighted by Crippen LogP contribution is 2.27. The average molecular weight is 598 g/mol. The summed E-state index contributed by atoms with van der Waals surface area (Å²) in [7, 11) is 2.62. The van der Waals surface area contributed by atoms with Gasteiger partial charge in [-0.05, 0) is 53.4 Å². The summed E-state index contributed by atoms with van der Waals surface area (Å²) in [5.74, 6) is -0.395. The number of carbonyl (C=O) groups excluding carboxylic acids is 3. The standard InChI is InChI=1S/C35H35NO8/c1-4-42-35(39)36(21-27-15-17-29(33(37)40-2)31(19-27)43-23-25-11-7-5-8-12-25)22-28-16-18-30(34(38)41-3)32(20-28)44-24-26-13-9-6-10-14-26/h5-20H,4,21-24H2,1-3H3. The van der Waals surface area contributed by atoms with Crippen LogP contribution in [-0.4, -0.2) is 43.8 Å². The van der Waals surface area contributed by atoms with Crippen molar-refractivity contribution in [3.8, 4) is 11.5 Å².